The molecule has 3 rings (SSSR count). The third-order valence-corrected chi connectivity index (χ3v) is 4.45. The highest BCUT2D eigenvalue weighted by Crippen LogP contribution is 2.30. The van der Waals surface area contributed by atoms with Crippen LogP contribution in [-0.2, 0) is 11.3 Å². The Balaban J connectivity index is 1.68. The maximum Gasteiger partial charge on any atom is 0.167 e. The summed E-state index contributed by atoms with van der Waals surface area (Å²) in [5.41, 5.74) is 1.00. The molecule has 1 fully saturated rings. The van der Waals surface area contributed by atoms with Crippen molar-refractivity contribution in [2.45, 2.75) is 31.6 Å². The van der Waals surface area contributed by atoms with Gasteiger partial charge in [-0.1, -0.05) is 24.3 Å². The zero-order chi connectivity index (χ0) is 17.8. The highest BCUT2D eigenvalue weighted by molar-refractivity contribution is 7.78. The molecule has 130 valence electrons. The van der Waals surface area contributed by atoms with Crippen molar-refractivity contribution in [3.05, 3.63) is 53.6 Å². The van der Waals surface area contributed by atoms with Gasteiger partial charge in [0.2, 0.25) is 0 Å². The van der Waals surface area contributed by atoms with E-state index in [1.807, 2.05) is 0 Å². The fourth-order valence-corrected chi connectivity index (χ4v) is 2.91. The molecule has 0 bridgehead atoms. The number of benzene rings is 2. The van der Waals surface area contributed by atoms with Crippen LogP contribution in [0, 0.1) is 11.6 Å². The van der Waals surface area contributed by atoms with E-state index in [1.54, 1.807) is 43.5 Å². The summed E-state index contributed by atoms with van der Waals surface area (Å²) < 4.78 is 39.4. The molecule has 25 heavy (non-hydrogen) atoms. The second-order valence-corrected chi connectivity index (χ2v) is 6.09. The van der Waals surface area contributed by atoms with Crippen molar-refractivity contribution < 1.29 is 18.3 Å². The van der Waals surface area contributed by atoms with Gasteiger partial charge < -0.3 is 9.47 Å². The van der Waals surface area contributed by atoms with Gasteiger partial charge in [-0.25, -0.2) is 13.8 Å². The van der Waals surface area contributed by atoms with Gasteiger partial charge in [-0.15, -0.1) is 0 Å². The lowest BCUT2D eigenvalue weighted by Crippen LogP contribution is -2.34. The normalized spacial score (nSPS) is 19.0. The summed E-state index contributed by atoms with van der Waals surface area (Å²) in [5, 5.41) is 2.34. The van der Waals surface area contributed by atoms with E-state index in [0.29, 0.717) is 11.3 Å². The van der Waals surface area contributed by atoms with Crippen LogP contribution in [-0.4, -0.2) is 24.4 Å². The Labute approximate surface area is 150 Å². The first-order valence-electron chi connectivity index (χ1n) is 7.92. The Morgan fingerprint density at radius 2 is 1.84 bits per heavy atom. The second-order valence-electron chi connectivity index (χ2n) is 5.91. The summed E-state index contributed by atoms with van der Waals surface area (Å²) in [4.78, 5) is 3.97. The summed E-state index contributed by atoms with van der Waals surface area (Å²) in [5.74, 6) is -1.09. The van der Waals surface area contributed by atoms with Crippen LogP contribution >= 0.6 is 12.2 Å². The fraction of sp³-hybridized carbons (Fsp3) is 0.316. The number of aliphatic imine (C=N–C) groups is 1. The van der Waals surface area contributed by atoms with Gasteiger partial charge in [0, 0.05) is 11.1 Å². The minimum Gasteiger partial charge on any atom is -0.497 e. The van der Waals surface area contributed by atoms with Crippen LogP contribution in [0.25, 0.3) is 11.1 Å². The molecule has 0 saturated heterocycles. The van der Waals surface area contributed by atoms with Crippen molar-refractivity contribution in [1.29, 1.82) is 0 Å². The van der Waals surface area contributed by atoms with Crippen molar-refractivity contribution in [3.63, 3.8) is 0 Å². The molecule has 0 spiro atoms. The van der Waals surface area contributed by atoms with E-state index >= 15 is 0 Å². The molecule has 1 aliphatic carbocycles. The Kier molecular flexibility index (Phi) is 5.53. The standard InChI is InChI=1S/C19H17F2NO2S/c1-23-15-5-2-12(3-6-15)17-7-4-13(18(20)19(17)21)10-24-16-8-14(9-16)22-11-25/h2-7,14,16H,8-10H2,1H3. The lowest BCUT2D eigenvalue weighted by Gasteiger charge is -2.31. The molecule has 2 aromatic carbocycles. The lowest BCUT2D eigenvalue weighted by atomic mass is 9.90. The Morgan fingerprint density at radius 1 is 1.12 bits per heavy atom. The third kappa shape index (κ3) is 3.93. The molecule has 0 aromatic heterocycles. The molecule has 3 nitrogen and oxygen atoms in total. The van der Waals surface area contributed by atoms with E-state index in [9.17, 15) is 8.78 Å². The number of hydrogen-bond acceptors (Lipinski definition) is 4. The number of thiocarbonyl (C=S) groups is 1. The van der Waals surface area contributed by atoms with E-state index in [0.717, 1.165) is 12.8 Å². The van der Waals surface area contributed by atoms with Gasteiger partial charge in [-0.05, 0) is 42.8 Å². The molecule has 0 atom stereocenters. The molecule has 0 radical (unpaired) electrons. The van der Waals surface area contributed by atoms with Gasteiger partial charge in [-0.2, -0.15) is 0 Å². The molecule has 0 unspecified atom stereocenters. The summed E-state index contributed by atoms with van der Waals surface area (Å²) in [6.07, 6.45) is 1.47. The Morgan fingerprint density at radius 3 is 2.48 bits per heavy atom. The first kappa shape index (κ1) is 17.7. The van der Waals surface area contributed by atoms with Crippen molar-refractivity contribution >= 4 is 17.4 Å². The van der Waals surface area contributed by atoms with Crippen LogP contribution in [0.1, 0.15) is 18.4 Å². The monoisotopic (exact) mass is 361 g/mol. The van der Waals surface area contributed by atoms with Crippen LogP contribution in [0.15, 0.2) is 41.4 Å². The first-order chi connectivity index (χ1) is 12.1. The van der Waals surface area contributed by atoms with E-state index in [-0.39, 0.29) is 29.9 Å². The number of methoxy groups -OCH3 is 1. The molecule has 1 saturated carbocycles. The molecular weight excluding hydrogens is 344 g/mol. The van der Waals surface area contributed by atoms with E-state index in [2.05, 4.69) is 22.4 Å². The zero-order valence-electron chi connectivity index (χ0n) is 13.7. The minimum atomic E-state index is -0.874. The van der Waals surface area contributed by atoms with Crippen LogP contribution < -0.4 is 4.74 Å². The van der Waals surface area contributed by atoms with Crippen LogP contribution in [0.5, 0.6) is 5.75 Å². The van der Waals surface area contributed by atoms with Crippen LogP contribution in [0.2, 0.25) is 0 Å². The number of nitrogens with zero attached hydrogens (tertiary/aromatic N) is 1. The topological polar surface area (TPSA) is 30.8 Å². The Hall–Kier alpha value is -2.14. The molecule has 0 N–H and O–H groups in total. The SMILES string of the molecule is COc1ccc(-c2ccc(COC3CC(N=C=S)C3)c(F)c2F)cc1. The minimum absolute atomic E-state index is 0.000765. The van der Waals surface area contributed by atoms with Gasteiger partial charge in [0.15, 0.2) is 11.6 Å². The van der Waals surface area contributed by atoms with Crippen molar-refractivity contribution in [1.82, 2.24) is 0 Å². The molecule has 0 amide bonds. The fourth-order valence-electron chi connectivity index (χ4n) is 2.76. The van der Waals surface area contributed by atoms with Gasteiger partial charge in [-0.3, -0.25) is 0 Å². The maximum atomic E-state index is 14.4. The predicted molar refractivity (Wildman–Crippen MR) is 95.0 cm³/mol. The van der Waals surface area contributed by atoms with Gasteiger partial charge in [0.05, 0.1) is 31.0 Å². The number of ether oxygens (including phenoxy) is 2. The third-order valence-electron chi connectivity index (χ3n) is 4.34. The molecule has 1 aliphatic rings. The van der Waals surface area contributed by atoms with Gasteiger partial charge in [0.1, 0.15) is 5.75 Å². The highest BCUT2D eigenvalue weighted by Gasteiger charge is 2.29. The van der Waals surface area contributed by atoms with E-state index in [1.165, 1.54) is 0 Å². The number of hydrogen-bond donors (Lipinski definition) is 0. The van der Waals surface area contributed by atoms with Crippen molar-refractivity contribution in [2.24, 2.45) is 4.99 Å². The van der Waals surface area contributed by atoms with Gasteiger partial charge >= 0.3 is 0 Å². The average Bonchev–Trinajstić information content (AvgIpc) is 2.60. The zero-order valence-corrected chi connectivity index (χ0v) is 14.5. The number of halogens is 2. The van der Waals surface area contributed by atoms with Crippen LogP contribution in [0.4, 0.5) is 8.78 Å². The highest BCUT2D eigenvalue weighted by atomic mass is 32.1. The van der Waals surface area contributed by atoms with Crippen molar-refractivity contribution in [3.8, 4) is 16.9 Å². The first-order valence-corrected chi connectivity index (χ1v) is 8.33. The Bertz CT molecular complexity index is 798. The predicted octanol–water partition coefficient (Wildman–Crippen LogP) is 4.79. The van der Waals surface area contributed by atoms with E-state index < -0.39 is 11.6 Å². The van der Waals surface area contributed by atoms with Crippen LogP contribution in [0.3, 0.4) is 0 Å². The molecule has 0 heterocycles. The summed E-state index contributed by atoms with van der Waals surface area (Å²) in [7, 11) is 1.55. The quantitative estimate of drug-likeness (QED) is 0.547. The van der Waals surface area contributed by atoms with Gasteiger partial charge in [0.25, 0.3) is 0 Å². The molecule has 0 aliphatic heterocycles. The number of rotatable bonds is 6. The largest absolute Gasteiger partial charge is 0.497 e. The summed E-state index contributed by atoms with van der Waals surface area (Å²) >= 11 is 4.55. The van der Waals surface area contributed by atoms with E-state index in [4.69, 9.17) is 9.47 Å². The summed E-state index contributed by atoms with van der Waals surface area (Å²) in [6.45, 7) is 0.0321. The lowest BCUT2D eigenvalue weighted by molar-refractivity contribution is -0.0193. The molecular formula is C19H17F2NO2S. The molecule has 2 aromatic rings. The smallest absolute Gasteiger partial charge is 0.167 e. The van der Waals surface area contributed by atoms with Crippen molar-refractivity contribution in [2.75, 3.05) is 7.11 Å². The maximum absolute atomic E-state index is 14.4. The molecule has 6 heteroatoms. The second kappa shape index (κ2) is 7.83. The summed E-state index contributed by atoms with van der Waals surface area (Å²) in [6, 6.07) is 10.1. The average molecular weight is 361 g/mol. The number of isothiocyanates is 1.